The topological polar surface area (TPSA) is 83.4 Å². The van der Waals surface area contributed by atoms with Gasteiger partial charge in [0.2, 0.25) is 0 Å². The highest BCUT2D eigenvalue weighted by Gasteiger charge is 2.29. The fraction of sp³-hybridized carbons (Fsp3) is 0.833. The number of hydrogen-bond acceptors (Lipinski definition) is 6. The van der Waals surface area contributed by atoms with E-state index in [4.69, 9.17) is 19.7 Å². The normalized spacial score (nSPS) is 25.5. The summed E-state index contributed by atoms with van der Waals surface area (Å²) in [5.74, 6) is 1.02. The molecule has 6 heteroatoms. The van der Waals surface area contributed by atoms with Gasteiger partial charge in [-0.15, -0.1) is 0 Å². The van der Waals surface area contributed by atoms with Crippen LogP contribution in [0.3, 0.4) is 0 Å². The van der Waals surface area contributed by atoms with Crippen LogP contribution in [0.5, 0.6) is 0 Å². The van der Waals surface area contributed by atoms with E-state index in [1.54, 1.807) is 0 Å². The molecule has 3 unspecified atom stereocenters. The Morgan fingerprint density at radius 1 is 1.50 bits per heavy atom. The fourth-order valence-corrected chi connectivity index (χ4v) is 1.94. The lowest BCUT2D eigenvalue weighted by molar-refractivity contribution is 0.0355. The van der Waals surface area contributed by atoms with E-state index in [1.807, 2.05) is 6.92 Å². The molecule has 0 aliphatic carbocycles. The minimum absolute atomic E-state index is 0.0787. The molecule has 0 radical (unpaired) electrons. The number of nitrogens with zero attached hydrogens (tertiary/aromatic N) is 2. The predicted molar refractivity (Wildman–Crippen MR) is 64.9 cm³/mol. The first-order chi connectivity index (χ1) is 8.70. The summed E-state index contributed by atoms with van der Waals surface area (Å²) in [5.41, 5.74) is 5.92. The summed E-state index contributed by atoms with van der Waals surface area (Å²) in [6.45, 7) is 5.20. The first kappa shape index (κ1) is 13.5. The van der Waals surface area contributed by atoms with Crippen LogP contribution in [0.15, 0.2) is 4.52 Å². The maximum atomic E-state index is 5.92. The molecule has 0 saturated carbocycles. The van der Waals surface area contributed by atoms with E-state index in [0.717, 1.165) is 19.3 Å². The molecule has 1 fully saturated rings. The molecular weight excluding hydrogens is 234 g/mol. The summed E-state index contributed by atoms with van der Waals surface area (Å²) in [6.07, 6.45) is 3.09. The fourth-order valence-electron chi connectivity index (χ4n) is 1.94. The molecule has 1 aromatic rings. The van der Waals surface area contributed by atoms with Crippen LogP contribution >= 0.6 is 0 Å². The Labute approximate surface area is 107 Å². The van der Waals surface area contributed by atoms with Crippen molar-refractivity contribution in [2.75, 3.05) is 13.2 Å². The maximum Gasteiger partial charge on any atom is 0.255 e. The second-order valence-electron chi connectivity index (χ2n) is 4.68. The zero-order valence-corrected chi connectivity index (χ0v) is 11.0. The highest BCUT2D eigenvalue weighted by atomic mass is 16.5. The maximum absolute atomic E-state index is 5.92. The molecule has 0 amide bonds. The number of nitrogens with two attached hydrogens (primary N) is 1. The van der Waals surface area contributed by atoms with E-state index in [1.165, 1.54) is 0 Å². The van der Waals surface area contributed by atoms with Gasteiger partial charge in [-0.3, -0.25) is 0 Å². The molecule has 2 rings (SSSR count). The Hall–Kier alpha value is -0.980. The van der Waals surface area contributed by atoms with Crippen LogP contribution in [0.2, 0.25) is 0 Å². The van der Waals surface area contributed by atoms with Crippen LogP contribution in [0.1, 0.15) is 57.0 Å². The molecule has 0 spiro atoms. The Morgan fingerprint density at radius 2 is 2.33 bits per heavy atom. The molecule has 1 aliphatic rings. The van der Waals surface area contributed by atoms with Crippen LogP contribution < -0.4 is 5.73 Å². The zero-order valence-electron chi connectivity index (χ0n) is 11.0. The van der Waals surface area contributed by atoms with Gasteiger partial charge in [0.05, 0.1) is 18.8 Å². The Kier molecular flexibility index (Phi) is 4.68. The van der Waals surface area contributed by atoms with Gasteiger partial charge in [0.25, 0.3) is 5.89 Å². The first-order valence-electron chi connectivity index (χ1n) is 6.53. The Balaban J connectivity index is 1.89. The van der Waals surface area contributed by atoms with Gasteiger partial charge in [-0.05, 0) is 26.2 Å². The van der Waals surface area contributed by atoms with Gasteiger partial charge in [-0.2, -0.15) is 4.98 Å². The van der Waals surface area contributed by atoms with Crippen molar-refractivity contribution in [3.8, 4) is 0 Å². The van der Waals surface area contributed by atoms with Crippen molar-refractivity contribution < 1.29 is 14.0 Å². The lowest BCUT2D eigenvalue weighted by Crippen LogP contribution is -2.19. The molecule has 2 heterocycles. The van der Waals surface area contributed by atoms with Crippen molar-refractivity contribution in [1.29, 1.82) is 0 Å². The number of aromatic nitrogens is 2. The molecule has 6 nitrogen and oxygen atoms in total. The van der Waals surface area contributed by atoms with Crippen LogP contribution in [0, 0.1) is 0 Å². The van der Waals surface area contributed by atoms with Crippen molar-refractivity contribution in [2.45, 2.75) is 51.4 Å². The lowest BCUT2D eigenvalue weighted by atomic mass is 10.2. The zero-order chi connectivity index (χ0) is 13.0. The lowest BCUT2D eigenvalue weighted by Gasteiger charge is -2.07. The molecule has 2 N–H and O–H groups in total. The average Bonchev–Trinajstić information content (AvgIpc) is 2.97. The molecule has 0 aromatic carbocycles. The van der Waals surface area contributed by atoms with Crippen molar-refractivity contribution in [1.82, 2.24) is 10.1 Å². The molecule has 102 valence electrons. The van der Waals surface area contributed by atoms with Gasteiger partial charge in [-0.25, -0.2) is 0 Å². The average molecular weight is 255 g/mol. The third-order valence-corrected chi connectivity index (χ3v) is 2.94. The van der Waals surface area contributed by atoms with Gasteiger partial charge in [0, 0.05) is 6.61 Å². The third-order valence-electron chi connectivity index (χ3n) is 2.94. The van der Waals surface area contributed by atoms with E-state index in [-0.39, 0.29) is 18.2 Å². The minimum Gasteiger partial charge on any atom is -0.379 e. The Bertz CT molecular complexity index is 369. The first-order valence-corrected chi connectivity index (χ1v) is 6.53. The van der Waals surface area contributed by atoms with Gasteiger partial charge in [-0.1, -0.05) is 12.1 Å². The standard InChI is InChI=1S/C12H21N3O3/c1-3-6-16-7-9(13)11-14-12(18-15-11)10-5-4-8(2)17-10/h8-10H,3-7,13H2,1-2H3. The number of rotatable bonds is 6. The van der Waals surface area contributed by atoms with E-state index in [2.05, 4.69) is 17.1 Å². The van der Waals surface area contributed by atoms with Crippen LogP contribution in [0.4, 0.5) is 0 Å². The van der Waals surface area contributed by atoms with Crippen molar-refractivity contribution in [3.05, 3.63) is 11.7 Å². The molecule has 1 aliphatic heterocycles. The number of hydrogen-bond donors (Lipinski definition) is 1. The summed E-state index contributed by atoms with van der Waals surface area (Å²) in [6, 6.07) is -0.340. The molecule has 1 saturated heterocycles. The largest absolute Gasteiger partial charge is 0.379 e. The monoisotopic (exact) mass is 255 g/mol. The van der Waals surface area contributed by atoms with Gasteiger partial charge in [0.15, 0.2) is 5.82 Å². The van der Waals surface area contributed by atoms with Crippen LogP contribution in [-0.2, 0) is 9.47 Å². The predicted octanol–water partition coefficient (Wildman–Crippen LogP) is 1.74. The molecule has 18 heavy (non-hydrogen) atoms. The van der Waals surface area contributed by atoms with Gasteiger partial charge in [0.1, 0.15) is 6.10 Å². The van der Waals surface area contributed by atoms with Gasteiger partial charge < -0.3 is 19.7 Å². The SMILES string of the molecule is CCCOCC(N)c1noc(C2CCC(C)O2)n1. The van der Waals surface area contributed by atoms with Crippen LogP contribution in [0.25, 0.3) is 0 Å². The summed E-state index contributed by atoms with van der Waals surface area (Å²) >= 11 is 0. The Morgan fingerprint density at radius 3 is 3.00 bits per heavy atom. The van der Waals surface area contributed by atoms with E-state index >= 15 is 0 Å². The smallest absolute Gasteiger partial charge is 0.255 e. The minimum atomic E-state index is -0.340. The molecule has 0 bridgehead atoms. The van der Waals surface area contributed by atoms with Gasteiger partial charge >= 0.3 is 0 Å². The van der Waals surface area contributed by atoms with Crippen molar-refractivity contribution in [2.24, 2.45) is 5.73 Å². The second kappa shape index (κ2) is 6.26. The van der Waals surface area contributed by atoms with Crippen molar-refractivity contribution >= 4 is 0 Å². The summed E-state index contributed by atoms with van der Waals surface area (Å²) < 4.78 is 16.2. The quantitative estimate of drug-likeness (QED) is 0.779. The van der Waals surface area contributed by atoms with E-state index < -0.39 is 0 Å². The van der Waals surface area contributed by atoms with E-state index in [0.29, 0.717) is 24.9 Å². The third kappa shape index (κ3) is 3.28. The molecule has 1 aromatic heterocycles. The highest BCUT2D eigenvalue weighted by molar-refractivity contribution is 4.96. The second-order valence-corrected chi connectivity index (χ2v) is 4.68. The van der Waals surface area contributed by atoms with Crippen molar-refractivity contribution in [3.63, 3.8) is 0 Å². The molecule has 3 atom stereocenters. The van der Waals surface area contributed by atoms with Crippen LogP contribution in [-0.4, -0.2) is 29.5 Å². The molecular formula is C12H21N3O3. The van der Waals surface area contributed by atoms with E-state index in [9.17, 15) is 0 Å². The summed E-state index contributed by atoms with van der Waals surface area (Å²) in [7, 11) is 0. The highest BCUT2D eigenvalue weighted by Crippen LogP contribution is 2.31. The summed E-state index contributed by atoms with van der Waals surface area (Å²) in [5, 5.41) is 3.89. The number of ether oxygens (including phenoxy) is 2. The summed E-state index contributed by atoms with van der Waals surface area (Å²) in [4.78, 5) is 4.30.